The molecule has 3 aromatic rings. The molecule has 0 saturated carbocycles. The van der Waals surface area contributed by atoms with Crippen LogP contribution in [0.1, 0.15) is 34.5 Å². The van der Waals surface area contributed by atoms with Gasteiger partial charge in [-0.05, 0) is 30.2 Å². The summed E-state index contributed by atoms with van der Waals surface area (Å²) >= 11 is 7.78. The summed E-state index contributed by atoms with van der Waals surface area (Å²) in [5.41, 5.74) is 2.13. The number of alkyl halides is 1. The highest BCUT2D eigenvalue weighted by atomic mass is 35.5. The monoisotopic (exact) mass is 520 g/mol. The highest BCUT2D eigenvalue weighted by molar-refractivity contribution is 8.01. The summed E-state index contributed by atoms with van der Waals surface area (Å²) in [5, 5.41) is 2.42. The number of amides is 2. The summed E-state index contributed by atoms with van der Waals surface area (Å²) in [7, 11) is 0. The molecule has 0 aliphatic carbocycles. The Bertz CT molecular complexity index is 1220. The molecule has 8 heteroatoms. The molecule has 2 aliphatic rings. The van der Waals surface area contributed by atoms with Gasteiger partial charge in [-0.3, -0.25) is 9.59 Å². The van der Waals surface area contributed by atoms with Crippen LogP contribution in [0.4, 0.5) is 0 Å². The molecule has 0 unspecified atom stereocenters. The molecule has 0 bridgehead atoms. The number of esters is 1. The van der Waals surface area contributed by atoms with Gasteiger partial charge in [0.1, 0.15) is 17.5 Å². The second-order valence-electron chi connectivity index (χ2n) is 9.06. The van der Waals surface area contributed by atoms with E-state index in [4.69, 9.17) is 16.3 Å². The van der Waals surface area contributed by atoms with Gasteiger partial charge in [-0.25, -0.2) is 4.79 Å². The van der Waals surface area contributed by atoms with Gasteiger partial charge < -0.3 is 15.0 Å². The molecule has 1 N–H and O–H groups in total. The Kier molecular flexibility index (Phi) is 6.77. The average molecular weight is 521 g/mol. The van der Waals surface area contributed by atoms with E-state index in [1.54, 1.807) is 24.3 Å². The van der Waals surface area contributed by atoms with Crippen LogP contribution in [0.25, 0.3) is 0 Å². The quantitative estimate of drug-likeness (QED) is 0.284. The minimum absolute atomic E-state index is 0.137. The maximum atomic E-state index is 13.7. The number of benzene rings is 3. The molecule has 5 rings (SSSR count). The number of β-lactam (4-membered cyclic amide) rings is 1. The number of nitrogens with one attached hydrogen (secondary N) is 1. The van der Waals surface area contributed by atoms with E-state index in [-0.39, 0.29) is 17.7 Å². The Morgan fingerprint density at radius 3 is 2.03 bits per heavy atom. The first-order valence-corrected chi connectivity index (χ1v) is 13.1. The van der Waals surface area contributed by atoms with E-state index in [0.717, 1.165) is 11.1 Å². The van der Waals surface area contributed by atoms with Gasteiger partial charge in [-0.1, -0.05) is 78.9 Å². The normalized spacial score (nSPS) is 24.7. The third-order valence-electron chi connectivity index (χ3n) is 6.58. The van der Waals surface area contributed by atoms with Crippen molar-refractivity contribution in [1.29, 1.82) is 0 Å². The zero-order chi connectivity index (χ0) is 25.3. The van der Waals surface area contributed by atoms with Gasteiger partial charge in [0.15, 0.2) is 6.10 Å². The maximum Gasteiger partial charge on any atom is 0.331 e. The average Bonchev–Trinajstić information content (AvgIpc) is 3.21. The van der Waals surface area contributed by atoms with Crippen LogP contribution in [-0.2, 0) is 14.3 Å². The minimum Gasteiger partial charge on any atom is -0.451 e. The first-order valence-electron chi connectivity index (χ1n) is 11.7. The Labute approximate surface area is 219 Å². The van der Waals surface area contributed by atoms with Gasteiger partial charge in [0.05, 0.1) is 4.75 Å². The van der Waals surface area contributed by atoms with Crippen LogP contribution >= 0.6 is 23.4 Å². The topological polar surface area (TPSA) is 75.7 Å². The zero-order valence-corrected chi connectivity index (χ0v) is 21.1. The van der Waals surface area contributed by atoms with Crippen molar-refractivity contribution in [3.05, 3.63) is 108 Å². The first kappa shape index (κ1) is 24.4. The summed E-state index contributed by atoms with van der Waals surface area (Å²) in [4.78, 5) is 41.1. The van der Waals surface area contributed by atoms with E-state index in [0.29, 0.717) is 5.56 Å². The number of hydrogen-bond acceptors (Lipinski definition) is 5. The van der Waals surface area contributed by atoms with Crippen LogP contribution in [0.5, 0.6) is 0 Å². The van der Waals surface area contributed by atoms with E-state index in [1.807, 2.05) is 73.7 Å². The molecule has 6 nitrogen and oxygen atoms in total. The van der Waals surface area contributed by atoms with Crippen molar-refractivity contribution in [2.75, 3.05) is 5.88 Å². The fourth-order valence-corrected chi connectivity index (χ4v) is 6.65. The number of carbonyl (C=O) groups is 3. The lowest BCUT2D eigenvalue weighted by Gasteiger charge is -2.44. The van der Waals surface area contributed by atoms with E-state index in [2.05, 4.69) is 5.32 Å². The molecule has 2 heterocycles. The summed E-state index contributed by atoms with van der Waals surface area (Å²) in [5.74, 6) is -1.03. The van der Waals surface area contributed by atoms with E-state index in [1.165, 1.54) is 16.7 Å². The molecule has 0 spiro atoms. The number of carbonyl (C=O) groups excluding carboxylic acids is 3. The molecule has 2 amide bonds. The SMILES string of the molecule is C[C@@]1(CCl)S[C@@H]2[C@H](NC(=O)c3ccccc3)C(=O)N2[C@H]1C(=O)OC(c1ccccc1)c1ccccc1. The van der Waals surface area contributed by atoms with Crippen molar-refractivity contribution in [3.63, 3.8) is 0 Å². The van der Waals surface area contributed by atoms with Gasteiger partial charge >= 0.3 is 5.97 Å². The fourth-order valence-electron chi connectivity index (χ4n) is 4.70. The fraction of sp³-hybridized carbons (Fsp3) is 0.250. The number of fused-ring (bicyclic) bond motifs is 1. The Morgan fingerprint density at radius 1 is 0.972 bits per heavy atom. The molecular weight excluding hydrogens is 496 g/mol. The molecular formula is C28H25ClN2O4S. The van der Waals surface area contributed by atoms with Gasteiger partial charge in [0, 0.05) is 11.4 Å². The van der Waals surface area contributed by atoms with E-state index < -0.39 is 34.3 Å². The van der Waals surface area contributed by atoms with Crippen molar-refractivity contribution in [3.8, 4) is 0 Å². The second-order valence-corrected chi connectivity index (χ2v) is 11.0. The van der Waals surface area contributed by atoms with Crippen LogP contribution in [-0.4, -0.2) is 50.8 Å². The third kappa shape index (κ3) is 4.38. The van der Waals surface area contributed by atoms with Gasteiger partial charge in [0.25, 0.3) is 5.91 Å². The molecule has 0 aromatic heterocycles. The Hall–Kier alpha value is -3.29. The first-order chi connectivity index (χ1) is 17.4. The van der Waals surface area contributed by atoms with E-state index in [9.17, 15) is 14.4 Å². The number of hydrogen-bond donors (Lipinski definition) is 1. The second kappa shape index (κ2) is 9.99. The van der Waals surface area contributed by atoms with Gasteiger partial charge in [-0.2, -0.15) is 0 Å². The highest BCUT2D eigenvalue weighted by Gasteiger charge is 2.66. The van der Waals surface area contributed by atoms with Crippen LogP contribution in [0.2, 0.25) is 0 Å². The lowest BCUT2D eigenvalue weighted by molar-refractivity contribution is -0.166. The van der Waals surface area contributed by atoms with Gasteiger partial charge in [0.2, 0.25) is 5.91 Å². The van der Waals surface area contributed by atoms with Crippen LogP contribution in [0, 0.1) is 0 Å². The number of thioether (sulfide) groups is 1. The molecule has 4 atom stereocenters. The predicted octanol–water partition coefficient (Wildman–Crippen LogP) is 4.40. The van der Waals surface area contributed by atoms with Crippen molar-refractivity contribution in [1.82, 2.24) is 10.2 Å². The lowest BCUT2D eigenvalue weighted by atomic mass is 9.95. The van der Waals surface area contributed by atoms with E-state index >= 15 is 0 Å². The van der Waals surface area contributed by atoms with Gasteiger partial charge in [-0.15, -0.1) is 23.4 Å². The molecule has 3 aromatic carbocycles. The zero-order valence-electron chi connectivity index (χ0n) is 19.5. The van der Waals surface area contributed by atoms with Crippen molar-refractivity contribution in [2.24, 2.45) is 0 Å². The Balaban J connectivity index is 1.38. The summed E-state index contributed by atoms with van der Waals surface area (Å²) in [6, 6.07) is 26.1. The molecule has 2 aliphatic heterocycles. The number of nitrogens with zero attached hydrogens (tertiary/aromatic N) is 1. The van der Waals surface area contributed by atoms with Crippen LogP contribution in [0.15, 0.2) is 91.0 Å². The largest absolute Gasteiger partial charge is 0.451 e. The summed E-state index contributed by atoms with van der Waals surface area (Å²) < 4.78 is 5.32. The maximum absolute atomic E-state index is 13.7. The molecule has 184 valence electrons. The Morgan fingerprint density at radius 2 is 1.50 bits per heavy atom. The van der Waals surface area contributed by atoms with Crippen molar-refractivity contribution < 1.29 is 19.1 Å². The number of halogens is 1. The summed E-state index contributed by atoms with van der Waals surface area (Å²) in [6.07, 6.45) is -0.631. The van der Waals surface area contributed by atoms with Crippen molar-refractivity contribution >= 4 is 41.1 Å². The third-order valence-corrected chi connectivity index (χ3v) is 8.94. The standard InChI is InChI=1S/C28H25ClN2O4S/c1-28(17-29)23(27(34)35-22(18-11-5-2-6-12-18)19-13-7-3-8-14-19)31-25(33)21(26(31)36-28)30-24(32)20-15-9-4-10-16-20/h2-16,21-23,26H,17H2,1H3,(H,30,32)/t21-,23+,26-,28+/m1/s1. The molecule has 36 heavy (non-hydrogen) atoms. The summed E-state index contributed by atoms with van der Waals surface area (Å²) in [6.45, 7) is 1.86. The smallest absolute Gasteiger partial charge is 0.331 e. The van der Waals surface area contributed by atoms with Crippen molar-refractivity contribution in [2.45, 2.75) is 35.2 Å². The van der Waals surface area contributed by atoms with Crippen LogP contribution < -0.4 is 5.32 Å². The van der Waals surface area contributed by atoms with Crippen LogP contribution in [0.3, 0.4) is 0 Å². The molecule has 2 fully saturated rings. The number of ether oxygens (including phenoxy) is 1. The predicted molar refractivity (Wildman–Crippen MR) is 140 cm³/mol. The minimum atomic E-state index is -0.877. The molecule has 2 saturated heterocycles. The lowest BCUT2D eigenvalue weighted by Crippen LogP contribution is -2.71. The highest BCUT2D eigenvalue weighted by Crippen LogP contribution is 2.52. The number of rotatable bonds is 7. The molecule has 0 radical (unpaired) electrons.